The summed E-state index contributed by atoms with van der Waals surface area (Å²) in [6.07, 6.45) is 6.55. The van der Waals surface area contributed by atoms with Gasteiger partial charge in [-0.1, -0.05) is 6.92 Å². The molecule has 0 radical (unpaired) electrons. The number of halogens is 1. The minimum Gasteiger partial charge on any atom is -0.308 e. The van der Waals surface area contributed by atoms with E-state index in [1.165, 1.54) is 5.56 Å². The Bertz CT molecular complexity index is 495. The molecule has 1 unspecified atom stereocenters. The van der Waals surface area contributed by atoms with Crippen molar-refractivity contribution < 1.29 is 0 Å². The first-order valence-corrected chi connectivity index (χ1v) is 6.85. The molecule has 1 atom stereocenters. The lowest BCUT2D eigenvalue weighted by Crippen LogP contribution is -2.22. The number of nitrogens with one attached hydrogen (secondary N) is 1. The van der Waals surface area contributed by atoms with Gasteiger partial charge in [0.2, 0.25) is 0 Å². The van der Waals surface area contributed by atoms with Gasteiger partial charge in [0, 0.05) is 18.9 Å². The van der Waals surface area contributed by atoms with E-state index in [-0.39, 0.29) is 6.04 Å². The minimum atomic E-state index is 0.122. The van der Waals surface area contributed by atoms with Crippen molar-refractivity contribution >= 4 is 15.9 Å². The van der Waals surface area contributed by atoms with Crippen LogP contribution in [0.25, 0.3) is 0 Å². The number of nitrogens with zero attached hydrogens (tertiary/aromatic N) is 3. The fourth-order valence-electron chi connectivity index (χ4n) is 2.07. The van der Waals surface area contributed by atoms with E-state index in [1.54, 1.807) is 0 Å². The Balaban J connectivity index is 2.41. The third-order valence-corrected chi connectivity index (χ3v) is 3.48. The Morgan fingerprint density at radius 3 is 2.72 bits per heavy atom. The van der Waals surface area contributed by atoms with Crippen LogP contribution in [0.1, 0.15) is 30.6 Å². The van der Waals surface area contributed by atoms with Crippen LogP contribution in [0.2, 0.25) is 0 Å². The lowest BCUT2D eigenvalue weighted by atomic mass is 10.1. The highest BCUT2D eigenvalue weighted by Gasteiger charge is 2.19. The molecule has 0 aliphatic rings. The van der Waals surface area contributed by atoms with E-state index >= 15 is 0 Å². The molecular weight excluding hydrogens is 292 g/mol. The number of pyridine rings is 1. The van der Waals surface area contributed by atoms with E-state index in [2.05, 4.69) is 38.3 Å². The Kier molecular flexibility index (Phi) is 4.49. The molecule has 2 aromatic rings. The van der Waals surface area contributed by atoms with Crippen LogP contribution in [0.4, 0.5) is 0 Å². The van der Waals surface area contributed by atoms with Crippen LogP contribution < -0.4 is 5.32 Å². The van der Waals surface area contributed by atoms with Crippen molar-refractivity contribution in [2.45, 2.75) is 25.9 Å². The zero-order chi connectivity index (χ0) is 13.0. The third-order valence-electron chi connectivity index (χ3n) is 2.87. The summed E-state index contributed by atoms with van der Waals surface area (Å²) in [5.41, 5.74) is 2.34. The molecule has 18 heavy (non-hydrogen) atoms. The zero-order valence-electron chi connectivity index (χ0n) is 10.6. The first kappa shape index (κ1) is 13.2. The van der Waals surface area contributed by atoms with E-state index in [1.807, 2.05) is 42.5 Å². The molecule has 5 heteroatoms. The average molecular weight is 309 g/mol. The van der Waals surface area contributed by atoms with Gasteiger partial charge < -0.3 is 5.32 Å². The molecule has 2 aromatic heterocycles. The van der Waals surface area contributed by atoms with Crippen LogP contribution in [0, 0.1) is 0 Å². The first-order valence-electron chi connectivity index (χ1n) is 6.06. The molecule has 2 heterocycles. The predicted octanol–water partition coefficient (Wildman–Crippen LogP) is 2.76. The molecule has 0 spiro atoms. The SMILES string of the molecule is CCCn1ncc(Br)c1C(NC)c1ccncc1. The molecule has 2 rings (SSSR count). The van der Waals surface area contributed by atoms with Crippen molar-refractivity contribution in [1.29, 1.82) is 0 Å². The van der Waals surface area contributed by atoms with E-state index in [4.69, 9.17) is 0 Å². The van der Waals surface area contributed by atoms with Crippen molar-refractivity contribution in [2.24, 2.45) is 0 Å². The average Bonchev–Trinajstić information content (AvgIpc) is 2.75. The van der Waals surface area contributed by atoms with Crippen LogP contribution in [0.3, 0.4) is 0 Å². The molecule has 0 saturated carbocycles. The number of hydrogen-bond acceptors (Lipinski definition) is 3. The van der Waals surface area contributed by atoms with Gasteiger partial charge in [0.15, 0.2) is 0 Å². The van der Waals surface area contributed by atoms with Crippen LogP contribution >= 0.6 is 15.9 Å². The largest absolute Gasteiger partial charge is 0.308 e. The third kappa shape index (κ3) is 2.62. The summed E-state index contributed by atoms with van der Waals surface area (Å²) in [5.74, 6) is 0. The molecule has 0 aromatic carbocycles. The quantitative estimate of drug-likeness (QED) is 0.923. The van der Waals surface area contributed by atoms with Crippen LogP contribution in [0.5, 0.6) is 0 Å². The summed E-state index contributed by atoms with van der Waals surface area (Å²) >= 11 is 3.59. The lowest BCUT2D eigenvalue weighted by molar-refractivity contribution is 0.533. The fraction of sp³-hybridized carbons (Fsp3) is 0.385. The Hall–Kier alpha value is -1.20. The summed E-state index contributed by atoms with van der Waals surface area (Å²) in [5, 5.41) is 7.76. The van der Waals surface area contributed by atoms with Gasteiger partial charge in [0.25, 0.3) is 0 Å². The summed E-state index contributed by atoms with van der Waals surface area (Å²) < 4.78 is 3.08. The van der Waals surface area contributed by atoms with Crippen molar-refractivity contribution in [1.82, 2.24) is 20.1 Å². The van der Waals surface area contributed by atoms with Gasteiger partial charge in [0.1, 0.15) is 0 Å². The molecule has 0 bridgehead atoms. The van der Waals surface area contributed by atoms with Gasteiger partial charge in [-0.25, -0.2) is 0 Å². The van der Waals surface area contributed by atoms with Crippen LogP contribution in [-0.4, -0.2) is 21.8 Å². The lowest BCUT2D eigenvalue weighted by Gasteiger charge is -2.19. The summed E-state index contributed by atoms with van der Waals surface area (Å²) in [6, 6.07) is 4.17. The molecule has 0 amide bonds. The monoisotopic (exact) mass is 308 g/mol. The van der Waals surface area contributed by atoms with Gasteiger partial charge in [-0.2, -0.15) is 5.10 Å². The second kappa shape index (κ2) is 6.11. The zero-order valence-corrected chi connectivity index (χ0v) is 12.2. The molecular formula is C13H17BrN4. The Morgan fingerprint density at radius 2 is 2.11 bits per heavy atom. The number of rotatable bonds is 5. The van der Waals surface area contributed by atoms with Gasteiger partial charge in [-0.05, 0) is 47.1 Å². The molecule has 0 saturated heterocycles. The van der Waals surface area contributed by atoms with Gasteiger partial charge >= 0.3 is 0 Å². The van der Waals surface area contributed by atoms with Crippen LogP contribution in [0.15, 0.2) is 35.2 Å². The highest BCUT2D eigenvalue weighted by Crippen LogP contribution is 2.28. The molecule has 4 nitrogen and oxygen atoms in total. The number of hydrogen-bond donors (Lipinski definition) is 1. The molecule has 0 fully saturated rings. The van der Waals surface area contributed by atoms with Gasteiger partial charge in [0.05, 0.1) is 22.4 Å². The maximum atomic E-state index is 4.41. The Labute approximate surface area is 116 Å². The van der Waals surface area contributed by atoms with E-state index in [0.29, 0.717) is 0 Å². The summed E-state index contributed by atoms with van der Waals surface area (Å²) in [6.45, 7) is 3.07. The molecule has 1 N–H and O–H groups in total. The van der Waals surface area contributed by atoms with Crippen molar-refractivity contribution in [2.75, 3.05) is 7.05 Å². The van der Waals surface area contributed by atoms with Gasteiger partial charge in [-0.15, -0.1) is 0 Å². The number of aromatic nitrogens is 3. The summed E-state index contributed by atoms with van der Waals surface area (Å²) in [4.78, 5) is 4.06. The minimum absolute atomic E-state index is 0.122. The normalized spacial score (nSPS) is 12.6. The molecule has 96 valence electrons. The summed E-state index contributed by atoms with van der Waals surface area (Å²) in [7, 11) is 1.96. The maximum absolute atomic E-state index is 4.41. The second-order valence-electron chi connectivity index (χ2n) is 4.10. The molecule has 0 aliphatic carbocycles. The first-order chi connectivity index (χ1) is 8.77. The standard InChI is InChI=1S/C13H17BrN4/c1-3-8-18-13(11(14)9-17-18)12(15-2)10-4-6-16-7-5-10/h4-7,9,12,15H,3,8H2,1-2H3. The topological polar surface area (TPSA) is 42.7 Å². The van der Waals surface area contributed by atoms with E-state index in [9.17, 15) is 0 Å². The van der Waals surface area contributed by atoms with E-state index in [0.717, 1.165) is 23.1 Å². The fourth-order valence-corrected chi connectivity index (χ4v) is 2.59. The predicted molar refractivity (Wildman–Crippen MR) is 75.4 cm³/mol. The Morgan fingerprint density at radius 1 is 1.39 bits per heavy atom. The molecule has 0 aliphatic heterocycles. The van der Waals surface area contributed by atoms with Gasteiger partial charge in [-0.3, -0.25) is 9.67 Å². The van der Waals surface area contributed by atoms with Crippen molar-refractivity contribution in [3.63, 3.8) is 0 Å². The highest BCUT2D eigenvalue weighted by molar-refractivity contribution is 9.10. The number of aryl methyl sites for hydroxylation is 1. The van der Waals surface area contributed by atoms with E-state index < -0.39 is 0 Å². The highest BCUT2D eigenvalue weighted by atomic mass is 79.9. The van der Waals surface area contributed by atoms with Crippen LogP contribution in [-0.2, 0) is 6.54 Å². The second-order valence-corrected chi connectivity index (χ2v) is 4.96. The van der Waals surface area contributed by atoms with Crippen molar-refractivity contribution in [3.05, 3.63) is 46.5 Å². The van der Waals surface area contributed by atoms with Crippen molar-refractivity contribution in [3.8, 4) is 0 Å². The smallest absolute Gasteiger partial charge is 0.0758 e. The maximum Gasteiger partial charge on any atom is 0.0758 e.